The average molecular weight is 396 g/mol. The van der Waals surface area contributed by atoms with Crippen LogP contribution in [0.5, 0.6) is 0 Å². The number of amides is 2. The SMILES string of the molecule is COC(=O)[C@H]1CC[C@H](NC(=O)Nc2ccc(C3CCNCC3)cc2)CC1.Cl. The molecule has 0 aromatic heterocycles. The van der Waals surface area contributed by atoms with Gasteiger partial charge in [-0.05, 0) is 75.2 Å². The van der Waals surface area contributed by atoms with Crippen LogP contribution in [-0.4, -0.2) is 38.2 Å². The van der Waals surface area contributed by atoms with Gasteiger partial charge in [0.25, 0.3) is 0 Å². The molecule has 0 atom stereocenters. The Morgan fingerprint density at radius 1 is 1.00 bits per heavy atom. The van der Waals surface area contributed by atoms with Gasteiger partial charge in [-0.1, -0.05) is 12.1 Å². The highest BCUT2D eigenvalue weighted by atomic mass is 35.5. The number of benzene rings is 1. The minimum atomic E-state index is -0.180. The minimum Gasteiger partial charge on any atom is -0.469 e. The molecule has 7 heteroatoms. The zero-order valence-electron chi connectivity index (χ0n) is 15.8. The molecule has 2 aliphatic rings. The van der Waals surface area contributed by atoms with Crippen molar-refractivity contribution in [1.82, 2.24) is 10.6 Å². The van der Waals surface area contributed by atoms with Crippen molar-refractivity contribution in [1.29, 1.82) is 0 Å². The standard InChI is InChI=1S/C20H29N3O3.ClH/c1-26-19(24)16-4-8-18(9-5-16)23-20(25)22-17-6-2-14(3-7-17)15-10-12-21-13-11-15;/h2-3,6-7,15-16,18,21H,4-5,8-13H2,1H3,(H2,22,23,25);1H/t16-,18-;. The number of carbonyl (C=O) groups is 2. The fraction of sp³-hybridized carbons (Fsp3) is 0.600. The van der Waals surface area contributed by atoms with Gasteiger partial charge in [0.05, 0.1) is 13.0 Å². The second-order valence-corrected chi connectivity index (χ2v) is 7.32. The summed E-state index contributed by atoms with van der Waals surface area (Å²) >= 11 is 0. The lowest BCUT2D eigenvalue weighted by atomic mass is 9.86. The van der Waals surface area contributed by atoms with Crippen LogP contribution in [0.4, 0.5) is 10.5 Å². The van der Waals surface area contributed by atoms with E-state index in [-0.39, 0.29) is 36.4 Å². The van der Waals surface area contributed by atoms with Crippen molar-refractivity contribution >= 4 is 30.1 Å². The molecular formula is C20H30ClN3O3. The molecule has 2 fully saturated rings. The monoisotopic (exact) mass is 395 g/mol. The predicted octanol–water partition coefficient (Wildman–Crippen LogP) is 3.43. The first-order chi connectivity index (χ1) is 12.7. The molecule has 1 saturated heterocycles. The molecule has 0 unspecified atom stereocenters. The van der Waals surface area contributed by atoms with Gasteiger partial charge in [-0.3, -0.25) is 4.79 Å². The first-order valence-corrected chi connectivity index (χ1v) is 9.61. The summed E-state index contributed by atoms with van der Waals surface area (Å²) in [6.45, 7) is 2.15. The van der Waals surface area contributed by atoms with Gasteiger partial charge in [0.1, 0.15) is 0 Å². The van der Waals surface area contributed by atoms with Crippen LogP contribution in [0.15, 0.2) is 24.3 Å². The number of hydrogen-bond donors (Lipinski definition) is 3. The Bertz CT molecular complexity index is 609. The number of piperidine rings is 1. The van der Waals surface area contributed by atoms with Crippen molar-refractivity contribution < 1.29 is 14.3 Å². The molecule has 1 aliphatic heterocycles. The quantitative estimate of drug-likeness (QED) is 0.682. The van der Waals surface area contributed by atoms with Gasteiger partial charge in [-0.25, -0.2) is 4.79 Å². The van der Waals surface area contributed by atoms with Gasteiger partial charge in [-0.2, -0.15) is 0 Å². The summed E-state index contributed by atoms with van der Waals surface area (Å²) < 4.78 is 4.80. The second-order valence-electron chi connectivity index (χ2n) is 7.32. The number of hydrogen-bond acceptors (Lipinski definition) is 4. The van der Waals surface area contributed by atoms with Crippen LogP contribution >= 0.6 is 12.4 Å². The summed E-state index contributed by atoms with van der Waals surface area (Å²) in [4.78, 5) is 23.8. The Morgan fingerprint density at radius 2 is 1.63 bits per heavy atom. The van der Waals surface area contributed by atoms with Gasteiger partial charge < -0.3 is 20.7 Å². The Morgan fingerprint density at radius 3 is 2.22 bits per heavy atom. The molecule has 2 amide bonds. The Hall–Kier alpha value is -1.79. The third-order valence-corrected chi connectivity index (χ3v) is 5.58. The third kappa shape index (κ3) is 6.11. The van der Waals surface area contributed by atoms with Crippen molar-refractivity contribution in [3.8, 4) is 0 Å². The van der Waals surface area contributed by atoms with Crippen molar-refractivity contribution in [3.05, 3.63) is 29.8 Å². The van der Waals surface area contributed by atoms with E-state index in [0.29, 0.717) is 5.92 Å². The molecule has 1 aromatic carbocycles. The maximum Gasteiger partial charge on any atom is 0.319 e. The Balaban J connectivity index is 0.00000261. The van der Waals surface area contributed by atoms with Gasteiger partial charge in [-0.15, -0.1) is 12.4 Å². The largest absolute Gasteiger partial charge is 0.469 e. The van der Waals surface area contributed by atoms with E-state index in [2.05, 4.69) is 28.1 Å². The number of esters is 1. The molecule has 0 spiro atoms. The molecule has 6 nitrogen and oxygen atoms in total. The highest BCUT2D eigenvalue weighted by Crippen LogP contribution is 2.27. The normalized spacial score (nSPS) is 23.0. The van der Waals surface area contributed by atoms with E-state index in [4.69, 9.17) is 4.74 Å². The van der Waals surface area contributed by atoms with Crippen molar-refractivity contribution in [2.75, 3.05) is 25.5 Å². The summed E-state index contributed by atoms with van der Waals surface area (Å²) in [5, 5.41) is 9.30. The molecule has 0 radical (unpaired) electrons. The Labute approximate surface area is 167 Å². The predicted molar refractivity (Wildman–Crippen MR) is 108 cm³/mol. The van der Waals surface area contributed by atoms with Crippen LogP contribution in [0.2, 0.25) is 0 Å². The highest BCUT2D eigenvalue weighted by Gasteiger charge is 2.27. The van der Waals surface area contributed by atoms with E-state index in [9.17, 15) is 9.59 Å². The first kappa shape index (κ1) is 21.5. The smallest absolute Gasteiger partial charge is 0.319 e. The van der Waals surface area contributed by atoms with Gasteiger partial charge >= 0.3 is 12.0 Å². The van der Waals surface area contributed by atoms with E-state index in [0.717, 1.165) is 44.5 Å². The van der Waals surface area contributed by atoms with Crippen LogP contribution in [-0.2, 0) is 9.53 Å². The molecule has 1 saturated carbocycles. The number of anilines is 1. The topological polar surface area (TPSA) is 79.5 Å². The summed E-state index contributed by atoms with van der Waals surface area (Å²) in [6.07, 6.45) is 5.48. The van der Waals surface area contributed by atoms with Crippen LogP contribution in [0, 0.1) is 5.92 Å². The lowest BCUT2D eigenvalue weighted by molar-refractivity contribution is -0.146. The van der Waals surface area contributed by atoms with E-state index < -0.39 is 0 Å². The third-order valence-electron chi connectivity index (χ3n) is 5.58. The maximum absolute atomic E-state index is 12.2. The number of methoxy groups -OCH3 is 1. The lowest BCUT2D eigenvalue weighted by Crippen LogP contribution is -2.41. The van der Waals surface area contributed by atoms with Crippen molar-refractivity contribution in [2.24, 2.45) is 5.92 Å². The van der Waals surface area contributed by atoms with Gasteiger partial charge in [0, 0.05) is 11.7 Å². The molecule has 1 aliphatic carbocycles. The summed E-state index contributed by atoms with van der Waals surface area (Å²) in [5.74, 6) is 0.453. The van der Waals surface area contributed by atoms with Crippen LogP contribution in [0.25, 0.3) is 0 Å². The molecule has 150 valence electrons. The molecule has 27 heavy (non-hydrogen) atoms. The van der Waals surface area contributed by atoms with Gasteiger partial charge in [0.15, 0.2) is 0 Å². The number of carbonyl (C=O) groups excluding carboxylic acids is 2. The maximum atomic E-state index is 12.2. The van der Waals surface area contributed by atoms with E-state index in [1.807, 2.05) is 12.1 Å². The molecule has 3 N–H and O–H groups in total. The van der Waals surface area contributed by atoms with Gasteiger partial charge in [0.2, 0.25) is 0 Å². The first-order valence-electron chi connectivity index (χ1n) is 9.61. The second kappa shape index (κ2) is 10.5. The lowest BCUT2D eigenvalue weighted by Gasteiger charge is -2.27. The fourth-order valence-corrected chi connectivity index (χ4v) is 3.99. The van der Waals surface area contributed by atoms with E-state index in [1.165, 1.54) is 25.5 Å². The van der Waals surface area contributed by atoms with Crippen molar-refractivity contribution in [3.63, 3.8) is 0 Å². The average Bonchev–Trinajstić information content (AvgIpc) is 2.69. The van der Waals surface area contributed by atoms with Crippen LogP contribution in [0.1, 0.15) is 50.0 Å². The Kier molecular flexibility index (Phi) is 8.38. The van der Waals surface area contributed by atoms with Crippen molar-refractivity contribution in [2.45, 2.75) is 50.5 Å². The number of ether oxygens (including phenoxy) is 1. The molecule has 1 aromatic rings. The summed E-state index contributed by atoms with van der Waals surface area (Å²) in [7, 11) is 1.43. The molecule has 0 bridgehead atoms. The van der Waals surface area contributed by atoms with E-state index in [1.54, 1.807) is 0 Å². The fourth-order valence-electron chi connectivity index (χ4n) is 3.99. The van der Waals surface area contributed by atoms with Crippen LogP contribution < -0.4 is 16.0 Å². The molecular weight excluding hydrogens is 366 g/mol. The number of halogens is 1. The molecule has 1 heterocycles. The number of urea groups is 1. The molecule has 3 rings (SSSR count). The van der Waals surface area contributed by atoms with E-state index >= 15 is 0 Å². The highest BCUT2D eigenvalue weighted by molar-refractivity contribution is 5.89. The number of nitrogens with one attached hydrogen (secondary N) is 3. The summed E-state index contributed by atoms with van der Waals surface area (Å²) in [6, 6.07) is 8.13. The number of rotatable bonds is 4. The summed E-state index contributed by atoms with van der Waals surface area (Å²) in [5.41, 5.74) is 2.15. The zero-order chi connectivity index (χ0) is 18.4. The zero-order valence-corrected chi connectivity index (χ0v) is 16.6. The minimum absolute atomic E-state index is 0. The van der Waals surface area contributed by atoms with Crippen LogP contribution in [0.3, 0.4) is 0 Å².